The second-order valence-corrected chi connectivity index (χ2v) is 3.24. The molecule has 15 heavy (non-hydrogen) atoms. The van der Waals surface area contributed by atoms with Gasteiger partial charge in [-0.15, -0.1) is 0 Å². The minimum Gasteiger partial charge on any atom is -0.379 e. The molecule has 1 aromatic carbocycles. The SMILES string of the molecule is N#Cc1cccc(NCc2ccc[nH]2)c1. The molecule has 0 saturated heterocycles. The molecule has 2 aromatic rings. The quantitative estimate of drug-likeness (QED) is 0.794. The first-order valence-electron chi connectivity index (χ1n) is 4.75. The fourth-order valence-electron chi connectivity index (χ4n) is 1.37. The summed E-state index contributed by atoms with van der Waals surface area (Å²) in [4.78, 5) is 3.11. The Morgan fingerprint density at radius 3 is 2.93 bits per heavy atom. The van der Waals surface area contributed by atoms with Crippen molar-refractivity contribution in [2.45, 2.75) is 6.54 Å². The van der Waals surface area contributed by atoms with Crippen LogP contribution in [0.2, 0.25) is 0 Å². The third-order valence-corrected chi connectivity index (χ3v) is 2.14. The molecule has 74 valence electrons. The highest BCUT2D eigenvalue weighted by atomic mass is 14.9. The van der Waals surface area contributed by atoms with Crippen LogP contribution in [0.4, 0.5) is 5.69 Å². The van der Waals surface area contributed by atoms with Crippen LogP contribution in [-0.2, 0) is 6.54 Å². The number of anilines is 1. The molecule has 3 heteroatoms. The van der Waals surface area contributed by atoms with E-state index in [4.69, 9.17) is 5.26 Å². The molecule has 2 N–H and O–H groups in total. The molecule has 0 fully saturated rings. The lowest BCUT2D eigenvalue weighted by Gasteiger charge is -2.04. The van der Waals surface area contributed by atoms with Crippen molar-refractivity contribution < 1.29 is 0 Å². The van der Waals surface area contributed by atoms with Crippen LogP contribution < -0.4 is 5.32 Å². The van der Waals surface area contributed by atoms with Gasteiger partial charge < -0.3 is 10.3 Å². The average Bonchev–Trinajstić information content (AvgIpc) is 2.79. The number of H-pyrrole nitrogens is 1. The Balaban J connectivity index is 2.02. The first-order chi connectivity index (χ1) is 7.38. The van der Waals surface area contributed by atoms with Crippen molar-refractivity contribution in [2.75, 3.05) is 5.32 Å². The van der Waals surface area contributed by atoms with E-state index in [9.17, 15) is 0 Å². The predicted octanol–water partition coefficient (Wildman–Crippen LogP) is 2.50. The molecule has 0 unspecified atom stereocenters. The Bertz CT molecular complexity index is 466. The highest BCUT2D eigenvalue weighted by molar-refractivity contribution is 5.49. The highest BCUT2D eigenvalue weighted by Gasteiger charge is 1.95. The summed E-state index contributed by atoms with van der Waals surface area (Å²) in [6, 6.07) is 13.5. The van der Waals surface area contributed by atoms with Crippen LogP contribution in [0.25, 0.3) is 0 Å². The molecule has 2 rings (SSSR count). The van der Waals surface area contributed by atoms with Crippen molar-refractivity contribution in [1.29, 1.82) is 5.26 Å². The van der Waals surface area contributed by atoms with Crippen LogP contribution in [-0.4, -0.2) is 4.98 Å². The summed E-state index contributed by atoms with van der Waals surface area (Å²) >= 11 is 0. The van der Waals surface area contributed by atoms with E-state index in [0.29, 0.717) is 5.56 Å². The molecule has 0 aliphatic heterocycles. The summed E-state index contributed by atoms with van der Waals surface area (Å²) in [6.45, 7) is 0.738. The topological polar surface area (TPSA) is 51.6 Å². The number of benzene rings is 1. The van der Waals surface area contributed by atoms with Gasteiger partial charge in [-0.2, -0.15) is 5.26 Å². The molecule has 0 aliphatic rings. The van der Waals surface area contributed by atoms with E-state index in [2.05, 4.69) is 16.4 Å². The number of aromatic nitrogens is 1. The van der Waals surface area contributed by atoms with E-state index in [1.54, 1.807) is 6.07 Å². The molecular formula is C12H11N3. The maximum absolute atomic E-state index is 8.73. The summed E-state index contributed by atoms with van der Waals surface area (Å²) in [5.74, 6) is 0. The van der Waals surface area contributed by atoms with Crippen molar-refractivity contribution in [2.24, 2.45) is 0 Å². The van der Waals surface area contributed by atoms with Crippen molar-refractivity contribution in [3.8, 4) is 6.07 Å². The van der Waals surface area contributed by atoms with E-state index >= 15 is 0 Å². The standard InChI is InChI=1S/C12H11N3/c13-8-10-3-1-4-11(7-10)15-9-12-5-2-6-14-12/h1-7,14-15H,9H2. The third-order valence-electron chi connectivity index (χ3n) is 2.14. The molecule has 0 radical (unpaired) electrons. The summed E-state index contributed by atoms with van der Waals surface area (Å²) in [5, 5.41) is 12.0. The van der Waals surface area contributed by atoms with Crippen LogP contribution in [0.15, 0.2) is 42.6 Å². The van der Waals surface area contributed by atoms with E-state index in [1.165, 1.54) is 0 Å². The first-order valence-corrected chi connectivity index (χ1v) is 4.75. The number of nitriles is 1. The van der Waals surface area contributed by atoms with E-state index in [0.717, 1.165) is 17.9 Å². The molecule has 1 heterocycles. The van der Waals surface area contributed by atoms with Crippen LogP contribution in [0.3, 0.4) is 0 Å². The summed E-state index contributed by atoms with van der Waals surface area (Å²) < 4.78 is 0. The van der Waals surface area contributed by atoms with Gasteiger partial charge in [0.15, 0.2) is 0 Å². The number of hydrogen-bond acceptors (Lipinski definition) is 2. The van der Waals surface area contributed by atoms with Gasteiger partial charge in [0.05, 0.1) is 18.2 Å². The lowest BCUT2D eigenvalue weighted by Crippen LogP contribution is -1.99. The van der Waals surface area contributed by atoms with Crippen molar-refractivity contribution in [3.05, 3.63) is 53.9 Å². The largest absolute Gasteiger partial charge is 0.379 e. The Morgan fingerprint density at radius 1 is 1.27 bits per heavy atom. The Kier molecular flexibility index (Phi) is 2.70. The van der Waals surface area contributed by atoms with Crippen LogP contribution in [0.1, 0.15) is 11.3 Å². The van der Waals surface area contributed by atoms with E-state index < -0.39 is 0 Å². The number of rotatable bonds is 3. The normalized spacial score (nSPS) is 9.53. The van der Waals surface area contributed by atoms with Gasteiger partial charge in [0, 0.05) is 17.6 Å². The van der Waals surface area contributed by atoms with Gasteiger partial charge in [-0.05, 0) is 30.3 Å². The molecule has 0 amide bonds. The predicted molar refractivity (Wildman–Crippen MR) is 59.3 cm³/mol. The molecule has 0 aliphatic carbocycles. The Morgan fingerprint density at radius 2 is 2.20 bits per heavy atom. The van der Waals surface area contributed by atoms with Gasteiger partial charge in [-0.1, -0.05) is 6.07 Å². The second kappa shape index (κ2) is 4.34. The monoisotopic (exact) mass is 197 g/mol. The number of hydrogen-bond donors (Lipinski definition) is 2. The van der Waals surface area contributed by atoms with Crippen molar-refractivity contribution >= 4 is 5.69 Å². The fourth-order valence-corrected chi connectivity index (χ4v) is 1.37. The molecule has 0 spiro atoms. The first kappa shape index (κ1) is 9.35. The third kappa shape index (κ3) is 2.38. The Hall–Kier alpha value is -2.21. The van der Waals surface area contributed by atoms with Crippen molar-refractivity contribution in [3.63, 3.8) is 0 Å². The molecular weight excluding hydrogens is 186 g/mol. The van der Waals surface area contributed by atoms with Crippen LogP contribution in [0, 0.1) is 11.3 Å². The average molecular weight is 197 g/mol. The zero-order valence-electron chi connectivity index (χ0n) is 8.20. The molecule has 3 nitrogen and oxygen atoms in total. The van der Waals surface area contributed by atoms with Gasteiger partial charge in [0.25, 0.3) is 0 Å². The van der Waals surface area contributed by atoms with Gasteiger partial charge >= 0.3 is 0 Å². The molecule has 0 atom stereocenters. The minimum atomic E-state index is 0.673. The van der Waals surface area contributed by atoms with E-state index in [-0.39, 0.29) is 0 Å². The summed E-state index contributed by atoms with van der Waals surface area (Å²) in [5.41, 5.74) is 2.76. The smallest absolute Gasteiger partial charge is 0.0992 e. The van der Waals surface area contributed by atoms with Gasteiger partial charge in [0.2, 0.25) is 0 Å². The van der Waals surface area contributed by atoms with E-state index in [1.807, 2.05) is 36.5 Å². The lowest BCUT2D eigenvalue weighted by atomic mass is 10.2. The Labute approximate surface area is 88.4 Å². The van der Waals surface area contributed by atoms with Crippen LogP contribution in [0.5, 0.6) is 0 Å². The number of aromatic amines is 1. The fraction of sp³-hybridized carbons (Fsp3) is 0.0833. The van der Waals surface area contributed by atoms with Gasteiger partial charge in [-0.25, -0.2) is 0 Å². The molecule has 1 aromatic heterocycles. The van der Waals surface area contributed by atoms with Gasteiger partial charge in [-0.3, -0.25) is 0 Å². The lowest BCUT2D eigenvalue weighted by molar-refractivity contribution is 1.07. The molecule has 0 saturated carbocycles. The van der Waals surface area contributed by atoms with Crippen molar-refractivity contribution in [1.82, 2.24) is 4.98 Å². The summed E-state index contributed by atoms with van der Waals surface area (Å²) in [6.07, 6.45) is 1.89. The van der Waals surface area contributed by atoms with Crippen LogP contribution >= 0.6 is 0 Å². The number of nitrogens with one attached hydrogen (secondary N) is 2. The molecule has 0 bridgehead atoms. The highest BCUT2D eigenvalue weighted by Crippen LogP contribution is 2.10. The maximum atomic E-state index is 8.73. The zero-order valence-corrected chi connectivity index (χ0v) is 8.20. The maximum Gasteiger partial charge on any atom is 0.0992 e. The number of nitrogens with zero attached hydrogens (tertiary/aromatic N) is 1. The summed E-state index contributed by atoms with van der Waals surface area (Å²) in [7, 11) is 0. The zero-order chi connectivity index (χ0) is 10.5. The second-order valence-electron chi connectivity index (χ2n) is 3.24. The van der Waals surface area contributed by atoms with Gasteiger partial charge in [0.1, 0.15) is 0 Å². The minimum absolute atomic E-state index is 0.673.